The summed E-state index contributed by atoms with van der Waals surface area (Å²) in [6.45, 7) is 3.80. The molecule has 3 heterocycles. The molecule has 0 amide bonds. The van der Waals surface area contributed by atoms with Gasteiger partial charge in [0.1, 0.15) is 0 Å². The first-order valence-corrected chi connectivity index (χ1v) is 9.52. The number of carboxylic acid groups (broad SMARTS) is 1. The monoisotopic (exact) mass is 335 g/mol. The maximum Gasteiger partial charge on any atom is 0.307 e. The number of aryl methyl sites for hydroxylation is 1. The van der Waals surface area contributed by atoms with E-state index in [1.807, 2.05) is 11.3 Å². The van der Waals surface area contributed by atoms with Gasteiger partial charge in [-0.1, -0.05) is 6.92 Å². The maximum atomic E-state index is 11.4. The Morgan fingerprint density at radius 3 is 2.95 bits per heavy atom. The van der Waals surface area contributed by atoms with Crippen molar-refractivity contribution in [2.75, 3.05) is 13.1 Å². The molecule has 0 aliphatic carbocycles. The Bertz CT molecular complexity index is 620. The molecule has 0 spiro atoms. The van der Waals surface area contributed by atoms with Crippen molar-refractivity contribution in [3.05, 3.63) is 44.3 Å². The fraction of sp³-hybridized carbons (Fsp3) is 0.471. The van der Waals surface area contributed by atoms with Crippen LogP contribution < -0.4 is 0 Å². The lowest BCUT2D eigenvalue weighted by Gasteiger charge is -2.36. The van der Waals surface area contributed by atoms with Crippen LogP contribution in [0, 0.1) is 5.92 Å². The number of carbonyl (C=O) groups is 1. The molecule has 3 rings (SSSR count). The van der Waals surface area contributed by atoms with Crippen molar-refractivity contribution in [2.24, 2.45) is 5.92 Å². The number of aliphatic carboxylic acids is 1. The number of likely N-dealkylation sites (tertiary alicyclic amines) is 1. The quantitative estimate of drug-likeness (QED) is 0.887. The Balaban J connectivity index is 1.90. The highest BCUT2D eigenvalue weighted by atomic mass is 32.1. The second kappa shape index (κ2) is 6.94. The molecule has 5 heteroatoms. The Kier molecular flexibility index (Phi) is 4.96. The Morgan fingerprint density at radius 2 is 2.32 bits per heavy atom. The van der Waals surface area contributed by atoms with Gasteiger partial charge in [0.25, 0.3) is 0 Å². The fourth-order valence-electron chi connectivity index (χ4n) is 3.16. The summed E-state index contributed by atoms with van der Waals surface area (Å²) in [4.78, 5) is 16.5. The Labute approximate surface area is 139 Å². The van der Waals surface area contributed by atoms with Gasteiger partial charge in [0.05, 0.1) is 12.0 Å². The second-order valence-electron chi connectivity index (χ2n) is 5.79. The average Bonchev–Trinajstić information content (AvgIpc) is 3.20. The summed E-state index contributed by atoms with van der Waals surface area (Å²) < 4.78 is 0. The SMILES string of the molecule is CCc1ccc(C(c2ccsc2)N2CCCC(C(=O)O)C2)s1. The van der Waals surface area contributed by atoms with Gasteiger partial charge in [-0.05, 0) is 60.3 Å². The van der Waals surface area contributed by atoms with Crippen LogP contribution in [-0.2, 0) is 11.2 Å². The van der Waals surface area contributed by atoms with Gasteiger partial charge in [-0.25, -0.2) is 0 Å². The van der Waals surface area contributed by atoms with Crippen LogP contribution in [0.4, 0.5) is 0 Å². The standard InChI is InChI=1S/C17H21NO2S2/c1-2-14-5-6-15(22-14)16(13-7-9-21-11-13)18-8-3-4-12(10-18)17(19)20/h5-7,9,11-12,16H,2-4,8,10H2,1H3,(H,19,20). The van der Waals surface area contributed by atoms with E-state index in [-0.39, 0.29) is 12.0 Å². The summed E-state index contributed by atoms with van der Waals surface area (Å²) >= 11 is 3.57. The van der Waals surface area contributed by atoms with E-state index >= 15 is 0 Å². The fourth-order valence-corrected chi connectivity index (χ4v) is 4.95. The highest BCUT2D eigenvalue weighted by Crippen LogP contribution is 2.37. The first kappa shape index (κ1) is 15.7. The van der Waals surface area contributed by atoms with E-state index in [0.717, 1.165) is 25.8 Å². The molecule has 22 heavy (non-hydrogen) atoms. The molecule has 118 valence electrons. The summed E-state index contributed by atoms with van der Waals surface area (Å²) in [5, 5.41) is 13.7. The number of thiophene rings is 2. The van der Waals surface area contributed by atoms with Gasteiger partial charge in [-0.2, -0.15) is 11.3 Å². The lowest BCUT2D eigenvalue weighted by atomic mass is 9.95. The number of carboxylic acids is 1. The molecule has 0 bridgehead atoms. The van der Waals surface area contributed by atoms with Crippen LogP contribution in [-0.4, -0.2) is 29.1 Å². The number of hydrogen-bond acceptors (Lipinski definition) is 4. The van der Waals surface area contributed by atoms with E-state index in [2.05, 4.69) is 40.8 Å². The van der Waals surface area contributed by atoms with Crippen molar-refractivity contribution in [1.29, 1.82) is 0 Å². The van der Waals surface area contributed by atoms with Gasteiger partial charge >= 0.3 is 5.97 Å². The maximum absolute atomic E-state index is 11.4. The van der Waals surface area contributed by atoms with Crippen molar-refractivity contribution < 1.29 is 9.90 Å². The van der Waals surface area contributed by atoms with Crippen LogP contribution in [0.5, 0.6) is 0 Å². The average molecular weight is 335 g/mol. The molecule has 1 aliphatic heterocycles. The smallest absolute Gasteiger partial charge is 0.307 e. The van der Waals surface area contributed by atoms with Crippen LogP contribution in [0.25, 0.3) is 0 Å². The predicted octanol–water partition coefficient (Wildman–Crippen LogP) is 4.26. The zero-order chi connectivity index (χ0) is 15.5. The molecular weight excluding hydrogens is 314 g/mol. The normalized spacial score (nSPS) is 20.9. The molecule has 2 atom stereocenters. The summed E-state index contributed by atoms with van der Waals surface area (Å²) in [5.41, 5.74) is 1.29. The molecule has 0 saturated carbocycles. The van der Waals surface area contributed by atoms with Crippen LogP contribution in [0.1, 0.15) is 41.1 Å². The highest BCUT2D eigenvalue weighted by Gasteiger charge is 2.32. The van der Waals surface area contributed by atoms with Gasteiger partial charge in [-0.15, -0.1) is 11.3 Å². The lowest BCUT2D eigenvalue weighted by molar-refractivity contribution is -0.143. The van der Waals surface area contributed by atoms with Gasteiger partial charge in [0.2, 0.25) is 0 Å². The lowest BCUT2D eigenvalue weighted by Crippen LogP contribution is -2.40. The molecular formula is C17H21NO2S2. The highest BCUT2D eigenvalue weighted by molar-refractivity contribution is 7.12. The van der Waals surface area contributed by atoms with E-state index in [1.165, 1.54) is 15.3 Å². The minimum absolute atomic E-state index is 0.207. The van der Waals surface area contributed by atoms with E-state index in [1.54, 1.807) is 11.3 Å². The van der Waals surface area contributed by atoms with Crippen molar-refractivity contribution >= 4 is 28.6 Å². The molecule has 2 unspecified atom stereocenters. The van der Waals surface area contributed by atoms with Crippen LogP contribution >= 0.6 is 22.7 Å². The number of nitrogens with zero attached hydrogens (tertiary/aromatic N) is 1. The molecule has 0 aromatic carbocycles. The van der Waals surface area contributed by atoms with Crippen LogP contribution in [0.15, 0.2) is 29.0 Å². The van der Waals surface area contributed by atoms with Gasteiger partial charge in [0, 0.05) is 16.3 Å². The molecule has 1 N–H and O–H groups in total. The first-order chi connectivity index (χ1) is 10.7. The summed E-state index contributed by atoms with van der Waals surface area (Å²) in [7, 11) is 0. The number of piperidine rings is 1. The minimum atomic E-state index is -0.658. The second-order valence-corrected chi connectivity index (χ2v) is 7.77. The van der Waals surface area contributed by atoms with E-state index in [4.69, 9.17) is 0 Å². The van der Waals surface area contributed by atoms with Crippen molar-refractivity contribution in [3.8, 4) is 0 Å². The number of rotatable bonds is 5. The molecule has 1 aliphatic rings. The zero-order valence-corrected chi connectivity index (χ0v) is 14.3. The summed E-state index contributed by atoms with van der Waals surface area (Å²) in [6.07, 6.45) is 2.81. The Morgan fingerprint density at radius 1 is 1.45 bits per heavy atom. The molecule has 2 aromatic rings. The molecule has 1 saturated heterocycles. The molecule has 1 fully saturated rings. The first-order valence-electron chi connectivity index (χ1n) is 7.76. The third-order valence-electron chi connectivity index (χ3n) is 4.33. The summed E-state index contributed by atoms with van der Waals surface area (Å²) in [5.74, 6) is -0.894. The summed E-state index contributed by atoms with van der Waals surface area (Å²) in [6, 6.07) is 6.80. The predicted molar refractivity (Wildman–Crippen MR) is 91.8 cm³/mol. The van der Waals surface area contributed by atoms with Gasteiger partial charge in [0.15, 0.2) is 0 Å². The van der Waals surface area contributed by atoms with Crippen LogP contribution in [0.2, 0.25) is 0 Å². The molecule has 2 aromatic heterocycles. The van der Waals surface area contributed by atoms with Crippen molar-refractivity contribution in [2.45, 2.75) is 32.2 Å². The topological polar surface area (TPSA) is 40.5 Å². The van der Waals surface area contributed by atoms with Crippen molar-refractivity contribution in [3.63, 3.8) is 0 Å². The van der Waals surface area contributed by atoms with Crippen molar-refractivity contribution in [1.82, 2.24) is 4.90 Å². The zero-order valence-electron chi connectivity index (χ0n) is 12.7. The Hall–Kier alpha value is -1.17. The van der Waals surface area contributed by atoms with E-state index in [9.17, 15) is 9.90 Å². The van der Waals surface area contributed by atoms with E-state index < -0.39 is 5.97 Å². The van der Waals surface area contributed by atoms with Gasteiger partial charge < -0.3 is 5.11 Å². The molecule has 0 radical (unpaired) electrons. The van der Waals surface area contributed by atoms with Gasteiger partial charge in [-0.3, -0.25) is 9.69 Å². The third kappa shape index (κ3) is 3.26. The number of hydrogen-bond donors (Lipinski definition) is 1. The molecule has 3 nitrogen and oxygen atoms in total. The third-order valence-corrected chi connectivity index (χ3v) is 6.31. The van der Waals surface area contributed by atoms with Crippen LogP contribution in [0.3, 0.4) is 0 Å². The minimum Gasteiger partial charge on any atom is -0.481 e. The largest absolute Gasteiger partial charge is 0.481 e. The van der Waals surface area contributed by atoms with E-state index in [0.29, 0.717) is 6.54 Å².